The molecular formula is C23H25F6N5O3. The van der Waals surface area contributed by atoms with Gasteiger partial charge < -0.3 is 21.1 Å². The van der Waals surface area contributed by atoms with E-state index in [1.54, 1.807) is 13.8 Å². The predicted molar refractivity (Wildman–Crippen MR) is 124 cm³/mol. The number of halogens is 6. The van der Waals surface area contributed by atoms with Crippen LogP contribution >= 0.6 is 0 Å². The monoisotopic (exact) mass is 533 g/mol. The Hall–Kier alpha value is -4.02. The van der Waals surface area contributed by atoms with Crippen LogP contribution in [0.2, 0.25) is 0 Å². The number of alkyl halides is 4. The van der Waals surface area contributed by atoms with Crippen LogP contribution < -0.4 is 16.0 Å². The number of amides is 1. The summed E-state index contributed by atoms with van der Waals surface area (Å²) in [5, 5.41) is 15.6. The van der Waals surface area contributed by atoms with Crippen LogP contribution in [0.15, 0.2) is 24.5 Å². The van der Waals surface area contributed by atoms with Crippen LogP contribution in [0.5, 0.6) is 0 Å². The average molecular weight is 533 g/mol. The van der Waals surface area contributed by atoms with Crippen molar-refractivity contribution in [2.45, 2.75) is 45.1 Å². The second-order valence-electron chi connectivity index (χ2n) is 8.48. The SMILES string of the molecule is C#CC(C)(C)NC(=O)c1cc(F)cnc1NCC(C)(F)F.CC(F)(F)CNc1ncc(F)cc1C(=O)O. The molecule has 0 aliphatic rings. The summed E-state index contributed by atoms with van der Waals surface area (Å²) in [5.74, 6) is -7.81. The van der Waals surface area contributed by atoms with Crippen LogP contribution in [0.3, 0.4) is 0 Å². The second kappa shape index (κ2) is 12.3. The molecule has 0 aliphatic carbocycles. The fourth-order valence-corrected chi connectivity index (χ4v) is 2.36. The van der Waals surface area contributed by atoms with Gasteiger partial charge in [0, 0.05) is 13.8 Å². The van der Waals surface area contributed by atoms with Crippen LogP contribution in [-0.4, -0.2) is 57.4 Å². The minimum absolute atomic E-state index is 0.136. The van der Waals surface area contributed by atoms with Crippen LogP contribution in [-0.2, 0) is 0 Å². The number of pyridine rings is 2. The van der Waals surface area contributed by atoms with Gasteiger partial charge in [-0.2, -0.15) is 0 Å². The quantitative estimate of drug-likeness (QED) is 0.279. The van der Waals surface area contributed by atoms with E-state index in [4.69, 9.17) is 11.5 Å². The Morgan fingerprint density at radius 3 is 1.68 bits per heavy atom. The molecule has 0 bridgehead atoms. The lowest BCUT2D eigenvalue weighted by atomic mass is 10.1. The Bertz CT molecular complexity index is 1160. The summed E-state index contributed by atoms with van der Waals surface area (Å²) in [6.45, 7) is 3.03. The van der Waals surface area contributed by atoms with E-state index in [0.29, 0.717) is 19.9 Å². The number of terminal acetylenes is 1. The van der Waals surface area contributed by atoms with Crippen LogP contribution in [0.25, 0.3) is 0 Å². The molecule has 4 N–H and O–H groups in total. The molecule has 0 saturated carbocycles. The molecular weight excluding hydrogens is 508 g/mol. The number of nitrogens with one attached hydrogen (secondary N) is 3. The number of hydrogen-bond donors (Lipinski definition) is 4. The summed E-state index contributed by atoms with van der Waals surface area (Å²) in [6, 6.07) is 1.62. The molecule has 0 fully saturated rings. The normalized spacial score (nSPS) is 11.5. The van der Waals surface area contributed by atoms with E-state index >= 15 is 0 Å². The van der Waals surface area contributed by atoms with E-state index in [0.717, 1.165) is 18.5 Å². The molecule has 2 aromatic heterocycles. The second-order valence-corrected chi connectivity index (χ2v) is 8.48. The molecule has 0 spiro atoms. The zero-order chi connectivity index (χ0) is 28.6. The van der Waals surface area contributed by atoms with E-state index in [2.05, 4.69) is 31.8 Å². The molecule has 0 saturated heterocycles. The summed E-state index contributed by atoms with van der Waals surface area (Å²) in [5.41, 5.74) is -1.64. The van der Waals surface area contributed by atoms with E-state index < -0.39 is 59.5 Å². The van der Waals surface area contributed by atoms with Gasteiger partial charge in [-0.3, -0.25) is 4.79 Å². The lowest BCUT2D eigenvalue weighted by Crippen LogP contribution is -2.42. The molecule has 0 atom stereocenters. The summed E-state index contributed by atoms with van der Waals surface area (Å²) in [4.78, 5) is 29.8. The molecule has 202 valence electrons. The zero-order valence-electron chi connectivity index (χ0n) is 20.2. The Labute approximate surface area is 208 Å². The summed E-state index contributed by atoms with van der Waals surface area (Å²) < 4.78 is 76.6. The molecule has 2 rings (SSSR count). The molecule has 0 radical (unpaired) electrons. The van der Waals surface area contributed by atoms with Crippen LogP contribution in [0, 0.1) is 24.0 Å². The Morgan fingerprint density at radius 1 is 0.892 bits per heavy atom. The van der Waals surface area contributed by atoms with E-state index in [-0.39, 0.29) is 17.2 Å². The summed E-state index contributed by atoms with van der Waals surface area (Å²) >= 11 is 0. The number of rotatable bonds is 9. The van der Waals surface area contributed by atoms with Gasteiger partial charge in [0.05, 0.1) is 36.6 Å². The lowest BCUT2D eigenvalue weighted by molar-refractivity contribution is 0.0358. The number of hydrogen-bond acceptors (Lipinski definition) is 6. The van der Waals surface area contributed by atoms with Crippen LogP contribution in [0.4, 0.5) is 38.0 Å². The highest BCUT2D eigenvalue weighted by Crippen LogP contribution is 2.19. The lowest BCUT2D eigenvalue weighted by Gasteiger charge is -2.21. The number of aromatic carboxylic acids is 1. The fraction of sp³-hybridized carbons (Fsp3) is 0.391. The first-order valence-corrected chi connectivity index (χ1v) is 10.4. The van der Waals surface area contributed by atoms with Crippen molar-refractivity contribution in [2.24, 2.45) is 0 Å². The topological polar surface area (TPSA) is 116 Å². The number of carboxylic acid groups (broad SMARTS) is 1. The highest BCUT2D eigenvalue weighted by Gasteiger charge is 2.25. The largest absolute Gasteiger partial charge is 0.478 e. The van der Waals surface area contributed by atoms with Gasteiger partial charge in [0.25, 0.3) is 17.8 Å². The third kappa shape index (κ3) is 11.5. The molecule has 2 heterocycles. The summed E-state index contributed by atoms with van der Waals surface area (Å²) in [6.07, 6.45) is 6.83. The van der Waals surface area contributed by atoms with Gasteiger partial charge in [0.1, 0.15) is 28.8 Å². The number of anilines is 2. The molecule has 8 nitrogen and oxygen atoms in total. The van der Waals surface area contributed by atoms with E-state index in [9.17, 15) is 35.9 Å². The van der Waals surface area contributed by atoms with Crippen molar-refractivity contribution in [3.8, 4) is 12.3 Å². The maximum atomic E-state index is 13.2. The maximum absolute atomic E-state index is 13.2. The fourth-order valence-electron chi connectivity index (χ4n) is 2.36. The highest BCUT2D eigenvalue weighted by atomic mass is 19.3. The van der Waals surface area contributed by atoms with Crippen molar-refractivity contribution in [1.82, 2.24) is 15.3 Å². The molecule has 0 aliphatic heterocycles. The first-order valence-electron chi connectivity index (χ1n) is 10.4. The van der Waals surface area contributed by atoms with Crippen molar-refractivity contribution < 1.29 is 41.0 Å². The van der Waals surface area contributed by atoms with Gasteiger partial charge in [-0.05, 0) is 26.0 Å². The molecule has 0 unspecified atom stereocenters. The van der Waals surface area contributed by atoms with E-state index in [1.807, 2.05) is 0 Å². The van der Waals surface area contributed by atoms with Gasteiger partial charge in [-0.1, -0.05) is 5.92 Å². The molecule has 0 aromatic carbocycles. The number of aromatic nitrogens is 2. The smallest absolute Gasteiger partial charge is 0.339 e. The average Bonchev–Trinajstić information content (AvgIpc) is 2.76. The Kier molecular flexibility index (Phi) is 10.3. The summed E-state index contributed by atoms with van der Waals surface area (Å²) in [7, 11) is 0. The zero-order valence-corrected chi connectivity index (χ0v) is 20.2. The highest BCUT2D eigenvalue weighted by molar-refractivity contribution is 5.99. The maximum Gasteiger partial charge on any atom is 0.339 e. The molecule has 37 heavy (non-hydrogen) atoms. The Balaban J connectivity index is 0.000000384. The first kappa shape index (κ1) is 31.0. The van der Waals surface area contributed by atoms with Crippen molar-refractivity contribution in [1.29, 1.82) is 0 Å². The Morgan fingerprint density at radius 2 is 1.30 bits per heavy atom. The van der Waals surface area contributed by atoms with Crippen molar-refractivity contribution in [2.75, 3.05) is 23.7 Å². The third-order valence-electron chi connectivity index (χ3n) is 4.10. The molecule has 2 aromatic rings. The standard InChI is InChI=1S/C14H16F3N3O.C9H9F3N2O2/c1-5-13(2,3)20-12(21)10-6-9(15)7-18-11(10)19-8-14(4,16)17;1-9(11,12)4-14-7-6(8(15)16)2-5(10)3-13-7/h1,6-7H,8H2,2-4H3,(H,18,19)(H,20,21);2-3H,4H2,1H3,(H,13,14)(H,15,16). The van der Waals surface area contributed by atoms with Gasteiger partial charge >= 0.3 is 5.97 Å². The van der Waals surface area contributed by atoms with Gasteiger partial charge in [0.2, 0.25) is 0 Å². The molecule has 1 amide bonds. The number of nitrogens with zero attached hydrogens (tertiary/aromatic N) is 2. The van der Waals surface area contributed by atoms with Gasteiger partial charge in [0.15, 0.2) is 0 Å². The third-order valence-corrected chi connectivity index (χ3v) is 4.10. The number of carbonyl (C=O) groups is 2. The number of carbonyl (C=O) groups excluding carboxylic acids is 1. The number of carboxylic acids is 1. The van der Waals surface area contributed by atoms with Gasteiger partial charge in [-0.15, -0.1) is 6.42 Å². The van der Waals surface area contributed by atoms with Crippen molar-refractivity contribution >= 4 is 23.5 Å². The van der Waals surface area contributed by atoms with Gasteiger partial charge in [-0.25, -0.2) is 41.1 Å². The first-order chi connectivity index (χ1) is 16.8. The predicted octanol–water partition coefficient (Wildman–Crippen LogP) is 4.42. The van der Waals surface area contributed by atoms with E-state index in [1.165, 1.54) is 0 Å². The minimum Gasteiger partial charge on any atom is -0.478 e. The van der Waals surface area contributed by atoms with Crippen molar-refractivity contribution in [3.63, 3.8) is 0 Å². The minimum atomic E-state index is -3.01. The molecule has 14 heteroatoms. The van der Waals surface area contributed by atoms with Crippen molar-refractivity contribution in [3.05, 3.63) is 47.3 Å². The van der Waals surface area contributed by atoms with Crippen LogP contribution in [0.1, 0.15) is 48.4 Å².